The number of fused-ring (bicyclic) bond motifs is 1. The number of Topliss-reactive ketones (excluding diaryl/α,β-unsaturated/α-hetero) is 1. The van der Waals surface area contributed by atoms with Crippen molar-refractivity contribution in [3.8, 4) is 28.7 Å². The molecule has 0 aromatic heterocycles. The topological polar surface area (TPSA) is 77.5 Å². The van der Waals surface area contributed by atoms with E-state index in [4.69, 9.17) is 18.9 Å². The summed E-state index contributed by atoms with van der Waals surface area (Å²) in [5, 5.41) is 10.6. The summed E-state index contributed by atoms with van der Waals surface area (Å²) >= 11 is 0. The van der Waals surface area contributed by atoms with Gasteiger partial charge in [0.25, 0.3) is 0 Å². The Kier molecular flexibility index (Phi) is 6.55. The molecule has 2 aliphatic heterocycles. The number of nitrogens with zero attached hydrogens (tertiary/aromatic N) is 1. The summed E-state index contributed by atoms with van der Waals surface area (Å²) in [4.78, 5) is 15.4. The average molecular weight is 440 g/mol. The van der Waals surface area contributed by atoms with Crippen LogP contribution >= 0.6 is 0 Å². The third-order valence-corrected chi connectivity index (χ3v) is 6.02. The van der Waals surface area contributed by atoms with Gasteiger partial charge in [0, 0.05) is 18.2 Å². The van der Waals surface area contributed by atoms with Gasteiger partial charge in [-0.2, -0.15) is 0 Å². The maximum atomic E-state index is 13.1. The molecule has 0 saturated carbocycles. The normalized spacial score (nSPS) is 17.6. The second-order valence-corrected chi connectivity index (χ2v) is 8.02. The number of benzene rings is 2. The summed E-state index contributed by atoms with van der Waals surface area (Å²) in [7, 11) is 4.65. The lowest BCUT2D eigenvalue weighted by molar-refractivity contribution is 0.101. The molecular formula is C25H29NO6. The van der Waals surface area contributed by atoms with Gasteiger partial charge < -0.3 is 24.1 Å². The minimum atomic E-state index is -0.228. The van der Waals surface area contributed by atoms with Gasteiger partial charge in [-0.15, -0.1) is 0 Å². The van der Waals surface area contributed by atoms with E-state index in [2.05, 4.69) is 4.90 Å². The first kappa shape index (κ1) is 22.0. The molecule has 1 saturated heterocycles. The number of carbonyl (C=O) groups is 1. The highest BCUT2D eigenvalue weighted by Gasteiger charge is 2.32. The van der Waals surface area contributed by atoms with E-state index < -0.39 is 0 Å². The first-order chi connectivity index (χ1) is 15.5. The molecular weight excluding hydrogens is 410 g/mol. The predicted octanol–water partition coefficient (Wildman–Crippen LogP) is 4.41. The predicted molar refractivity (Wildman–Crippen MR) is 121 cm³/mol. The number of ketones is 1. The molecule has 2 heterocycles. The van der Waals surface area contributed by atoms with Crippen LogP contribution in [-0.2, 0) is 6.54 Å². The van der Waals surface area contributed by atoms with Crippen molar-refractivity contribution in [3.05, 3.63) is 46.7 Å². The first-order valence-corrected chi connectivity index (χ1v) is 10.9. The SMILES string of the molecule is COc1cc(OC)c(OC)cc1/C=C1\Oc2c(ccc(O)c2CN2CCCCCC2)C1=O. The Labute approximate surface area is 188 Å². The molecule has 0 atom stereocenters. The molecule has 1 fully saturated rings. The molecule has 0 unspecified atom stereocenters. The molecule has 2 aromatic carbocycles. The van der Waals surface area contributed by atoms with Gasteiger partial charge in [-0.1, -0.05) is 12.8 Å². The summed E-state index contributed by atoms with van der Waals surface area (Å²) in [6.45, 7) is 2.50. The van der Waals surface area contributed by atoms with Crippen LogP contribution in [0.4, 0.5) is 0 Å². The maximum Gasteiger partial charge on any atom is 0.231 e. The highest BCUT2D eigenvalue weighted by atomic mass is 16.5. The van der Waals surface area contributed by atoms with Crippen LogP contribution in [0.15, 0.2) is 30.0 Å². The fraction of sp³-hybridized carbons (Fsp3) is 0.400. The lowest BCUT2D eigenvalue weighted by Crippen LogP contribution is -2.24. The number of ether oxygens (including phenoxy) is 4. The number of rotatable bonds is 6. The summed E-state index contributed by atoms with van der Waals surface area (Å²) in [5.41, 5.74) is 1.73. The second-order valence-electron chi connectivity index (χ2n) is 8.02. The van der Waals surface area contributed by atoms with Crippen LogP contribution in [0.3, 0.4) is 0 Å². The van der Waals surface area contributed by atoms with Crippen molar-refractivity contribution in [2.75, 3.05) is 34.4 Å². The Hall–Kier alpha value is -3.19. The number of hydrogen-bond donors (Lipinski definition) is 1. The Bertz CT molecular complexity index is 1040. The van der Waals surface area contributed by atoms with Crippen LogP contribution in [0.5, 0.6) is 28.7 Å². The number of aromatic hydroxyl groups is 1. The average Bonchev–Trinajstić information content (AvgIpc) is 2.96. The van der Waals surface area contributed by atoms with Crippen LogP contribution in [-0.4, -0.2) is 50.2 Å². The van der Waals surface area contributed by atoms with Gasteiger partial charge in [0.2, 0.25) is 5.78 Å². The number of phenols is 1. The zero-order valence-corrected chi connectivity index (χ0v) is 18.8. The van der Waals surface area contributed by atoms with Crippen molar-refractivity contribution in [3.63, 3.8) is 0 Å². The molecule has 1 N–H and O–H groups in total. The molecule has 7 nitrogen and oxygen atoms in total. The molecule has 2 aliphatic rings. The standard InChI is InChI=1S/C25H29NO6/c1-29-20-14-22(31-3)21(30-2)12-16(20)13-23-24(28)17-8-9-19(27)18(25(17)32-23)15-26-10-6-4-5-7-11-26/h8-9,12-14,27H,4-7,10-11,15H2,1-3H3/b23-13-. The van der Waals surface area contributed by atoms with Crippen molar-refractivity contribution in [2.24, 2.45) is 0 Å². The third kappa shape index (κ3) is 4.25. The van der Waals surface area contributed by atoms with Gasteiger partial charge in [-0.3, -0.25) is 9.69 Å². The summed E-state index contributed by atoms with van der Waals surface area (Å²) in [5.74, 6) is 2.09. The second kappa shape index (κ2) is 9.53. The van der Waals surface area contributed by atoms with Crippen molar-refractivity contribution in [1.29, 1.82) is 0 Å². The lowest BCUT2D eigenvalue weighted by atomic mass is 10.0. The largest absolute Gasteiger partial charge is 0.507 e. The number of allylic oxidation sites excluding steroid dienone is 1. The first-order valence-electron chi connectivity index (χ1n) is 10.9. The summed E-state index contributed by atoms with van der Waals surface area (Å²) < 4.78 is 22.2. The van der Waals surface area contributed by atoms with Crippen molar-refractivity contribution in [1.82, 2.24) is 4.90 Å². The molecule has 0 aliphatic carbocycles. The summed E-state index contributed by atoms with van der Waals surface area (Å²) in [6, 6.07) is 6.63. The van der Waals surface area contributed by atoms with Crippen molar-refractivity contribution >= 4 is 11.9 Å². The molecule has 32 heavy (non-hydrogen) atoms. The van der Waals surface area contributed by atoms with E-state index in [1.807, 2.05) is 0 Å². The number of likely N-dealkylation sites (tertiary alicyclic amines) is 1. The zero-order valence-electron chi connectivity index (χ0n) is 18.8. The van der Waals surface area contributed by atoms with Gasteiger partial charge in [-0.25, -0.2) is 0 Å². The summed E-state index contributed by atoms with van der Waals surface area (Å²) in [6.07, 6.45) is 6.37. The number of hydrogen-bond acceptors (Lipinski definition) is 7. The highest BCUT2D eigenvalue weighted by molar-refractivity contribution is 6.15. The van der Waals surface area contributed by atoms with Crippen LogP contribution in [0.25, 0.3) is 6.08 Å². The quantitative estimate of drug-likeness (QED) is 0.668. The minimum absolute atomic E-state index is 0.144. The Morgan fingerprint density at radius 3 is 2.28 bits per heavy atom. The molecule has 4 rings (SSSR count). The third-order valence-electron chi connectivity index (χ3n) is 6.02. The highest BCUT2D eigenvalue weighted by Crippen LogP contribution is 2.42. The van der Waals surface area contributed by atoms with E-state index in [9.17, 15) is 9.90 Å². The number of carbonyl (C=O) groups excluding carboxylic acids is 1. The number of phenolic OH excluding ortho intramolecular Hbond substituents is 1. The Morgan fingerprint density at radius 1 is 0.969 bits per heavy atom. The van der Waals surface area contributed by atoms with Gasteiger partial charge in [0.1, 0.15) is 17.2 Å². The van der Waals surface area contributed by atoms with E-state index in [0.29, 0.717) is 46.2 Å². The van der Waals surface area contributed by atoms with Crippen LogP contribution < -0.4 is 18.9 Å². The van der Waals surface area contributed by atoms with Crippen molar-refractivity contribution < 1.29 is 28.8 Å². The Morgan fingerprint density at radius 2 is 1.62 bits per heavy atom. The van der Waals surface area contributed by atoms with E-state index in [-0.39, 0.29) is 17.3 Å². The lowest BCUT2D eigenvalue weighted by Gasteiger charge is -2.21. The fourth-order valence-electron chi connectivity index (χ4n) is 4.27. The fourth-order valence-corrected chi connectivity index (χ4v) is 4.27. The van der Waals surface area contributed by atoms with Crippen LogP contribution in [0.2, 0.25) is 0 Å². The smallest absolute Gasteiger partial charge is 0.231 e. The van der Waals surface area contributed by atoms with Gasteiger partial charge >= 0.3 is 0 Å². The molecule has 7 heteroatoms. The zero-order chi connectivity index (χ0) is 22.7. The molecule has 170 valence electrons. The van der Waals surface area contributed by atoms with Gasteiger partial charge in [0.15, 0.2) is 17.3 Å². The molecule has 0 spiro atoms. The van der Waals surface area contributed by atoms with Gasteiger partial charge in [-0.05, 0) is 50.2 Å². The minimum Gasteiger partial charge on any atom is -0.507 e. The van der Waals surface area contributed by atoms with E-state index >= 15 is 0 Å². The molecule has 2 aromatic rings. The molecule has 0 radical (unpaired) electrons. The van der Waals surface area contributed by atoms with Crippen LogP contribution in [0, 0.1) is 0 Å². The van der Waals surface area contributed by atoms with E-state index in [1.165, 1.54) is 12.8 Å². The van der Waals surface area contributed by atoms with E-state index in [0.717, 1.165) is 25.9 Å². The van der Waals surface area contributed by atoms with Crippen LogP contribution in [0.1, 0.15) is 47.2 Å². The Balaban J connectivity index is 1.68. The molecule has 0 bridgehead atoms. The van der Waals surface area contributed by atoms with E-state index in [1.54, 1.807) is 51.7 Å². The van der Waals surface area contributed by atoms with Crippen molar-refractivity contribution in [2.45, 2.75) is 32.2 Å². The monoisotopic (exact) mass is 439 g/mol. The number of methoxy groups -OCH3 is 3. The molecule has 0 amide bonds. The van der Waals surface area contributed by atoms with Gasteiger partial charge in [0.05, 0.1) is 32.5 Å². The maximum absolute atomic E-state index is 13.1.